The van der Waals surface area contributed by atoms with Gasteiger partial charge in [0.05, 0.1) is 0 Å². The highest BCUT2D eigenvalue weighted by atomic mass is 16.4. The molecule has 0 fully saturated rings. The summed E-state index contributed by atoms with van der Waals surface area (Å²) >= 11 is 0. The number of rotatable bonds is 5. The smallest absolute Gasteiger partial charge is 0.227 e. The van der Waals surface area contributed by atoms with Crippen molar-refractivity contribution < 1.29 is 4.42 Å². The molecule has 0 amide bonds. The van der Waals surface area contributed by atoms with E-state index in [1.807, 2.05) is 49.4 Å². The van der Waals surface area contributed by atoms with E-state index in [0.29, 0.717) is 5.89 Å². The zero-order valence-electron chi connectivity index (χ0n) is 17.9. The minimum absolute atomic E-state index is 0.620. The van der Waals surface area contributed by atoms with E-state index >= 15 is 0 Å². The molecule has 1 heterocycles. The topological polar surface area (TPSA) is 26.0 Å². The summed E-state index contributed by atoms with van der Waals surface area (Å²) in [7, 11) is 0. The molecule has 0 saturated heterocycles. The maximum Gasteiger partial charge on any atom is 0.227 e. The maximum absolute atomic E-state index is 6.46. The highest BCUT2D eigenvalue weighted by molar-refractivity contribution is 5.84. The predicted molar refractivity (Wildman–Crippen MR) is 133 cm³/mol. The van der Waals surface area contributed by atoms with Crippen molar-refractivity contribution in [2.24, 2.45) is 0 Å². The Morgan fingerprint density at radius 3 is 1.97 bits per heavy atom. The van der Waals surface area contributed by atoms with Gasteiger partial charge in [-0.3, -0.25) is 0 Å². The molecule has 0 bridgehead atoms. The lowest BCUT2D eigenvalue weighted by Gasteiger charge is -2.08. The molecular formula is C30H23NO. The first-order chi connectivity index (χ1) is 15.8. The number of hydrogen-bond acceptors (Lipinski definition) is 2. The van der Waals surface area contributed by atoms with E-state index in [9.17, 15) is 0 Å². The van der Waals surface area contributed by atoms with Crippen LogP contribution in [0.15, 0.2) is 120 Å². The Morgan fingerprint density at radius 2 is 1.25 bits per heavy atom. The third-order valence-corrected chi connectivity index (χ3v) is 5.42. The first kappa shape index (κ1) is 19.8. The molecule has 0 saturated carbocycles. The zero-order valence-corrected chi connectivity index (χ0v) is 17.9. The summed E-state index contributed by atoms with van der Waals surface area (Å²) in [6.45, 7) is 2.03. The minimum atomic E-state index is 0.620. The van der Waals surface area contributed by atoms with Gasteiger partial charge in [0.2, 0.25) is 5.89 Å². The van der Waals surface area contributed by atoms with Crippen molar-refractivity contribution in [2.75, 3.05) is 0 Å². The van der Waals surface area contributed by atoms with Gasteiger partial charge in [0.25, 0.3) is 0 Å². The number of aromatic nitrogens is 1. The zero-order chi connectivity index (χ0) is 21.8. The largest absolute Gasteiger partial charge is 0.435 e. The van der Waals surface area contributed by atoms with Crippen LogP contribution in [0.5, 0.6) is 0 Å². The fourth-order valence-electron chi connectivity index (χ4n) is 3.94. The van der Waals surface area contributed by atoms with E-state index in [2.05, 4.69) is 78.9 Å². The van der Waals surface area contributed by atoms with Gasteiger partial charge in [-0.2, -0.15) is 0 Å². The van der Waals surface area contributed by atoms with Gasteiger partial charge >= 0.3 is 0 Å². The van der Waals surface area contributed by atoms with Gasteiger partial charge in [-0.05, 0) is 35.7 Å². The average molecular weight is 414 g/mol. The van der Waals surface area contributed by atoms with Crippen LogP contribution in [0.3, 0.4) is 0 Å². The monoisotopic (exact) mass is 413 g/mol. The number of allylic oxidation sites excluding steroid dienone is 1. The lowest BCUT2D eigenvalue weighted by molar-refractivity contribution is 0.589. The fourth-order valence-corrected chi connectivity index (χ4v) is 3.94. The SMILES string of the molecule is C/C=C/c1cccc(-c2ccccc2-c2nc(-c3ccccc3)c(-c3ccccc3)o2)c1. The van der Waals surface area contributed by atoms with Crippen LogP contribution in [0.2, 0.25) is 0 Å². The lowest BCUT2D eigenvalue weighted by Crippen LogP contribution is -1.86. The number of benzene rings is 4. The Balaban J connectivity index is 1.69. The van der Waals surface area contributed by atoms with Crippen LogP contribution in [0.25, 0.3) is 51.2 Å². The second-order valence-corrected chi connectivity index (χ2v) is 7.60. The van der Waals surface area contributed by atoms with Crippen LogP contribution in [0.4, 0.5) is 0 Å². The van der Waals surface area contributed by atoms with Crippen molar-refractivity contribution in [3.63, 3.8) is 0 Å². The maximum atomic E-state index is 6.46. The minimum Gasteiger partial charge on any atom is -0.435 e. The predicted octanol–water partition coefficient (Wildman–Crippen LogP) is 8.38. The lowest BCUT2D eigenvalue weighted by atomic mass is 9.98. The Bertz CT molecular complexity index is 1310. The van der Waals surface area contributed by atoms with Crippen molar-refractivity contribution >= 4 is 6.08 Å². The van der Waals surface area contributed by atoms with Crippen molar-refractivity contribution in [3.05, 3.63) is 121 Å². The van der Waals surface area contributed by atoms with E-state index in [4.69, 9.17) is 9.40 Å². The highest BCUT2D eigenvalue weighted by Crippen LogP contribution is 2.39. The van der Waals surface area contributed by atoms with Crippen LogP contribution in [0.1, 0.15) is 12.5 Å². The van der Waals surface area contributed by atoms with Gasteiger partial charge in [0.1, 0.15) is 5.69 Å². The second kappa shape index (κ2) is 8.91. The van der Waals surface area contributed by atoms with Gasteiger partial charge in [-0.15, -0.1) is 0 Å². The summed E-state index contributed by atoms with van der Waals surface area (Å²) in [6.07, 6.45) is 4.16. The van der Waals surface area contributed by atoms with Crippen LogP contribution >= 0.6 is 0 Å². The van der Waals surface area contributed by atoms with E-state index in [1.54, 1.807) is 0 Å². The molecule has 32 heavy (non-hydrogen) atoms. The molecule has 5 aromatic rings. The molecule has 0 radical (unpaired) electrons. The summed E-state index contributed by atoms with van der Waals surface area (Å²) in [5, 5.41) is 0. The third-order valence-electron chi connectivity index (χ3n) is 5.42. The van der Waals surface area contributed by atoms with Crippen molar-refractivity contribution in [3.8, 4) is 45.2 Å². The molecule has 0 spiro atoms. The first-order valence-corrected chi connectivity index (χ1v) is 10.8. The third kappa shape index (κ3) is 3.91. The Kier molecular flexibility index (Phi) is 5.50. The molecule has 0 aliphatic rings. The van der Waals surface area contributed by atoms with Crippen LogP contribution < -0.4 is 0 Å². The molecule has 0 atom stereocenters. The molecule has 154 valence electrons. The number of oxazole rings is 1. The van der Waals surface area contributed by atoms with E-state index in [1.165, 1.54) is 5.56 Å². The van der Waals surface area contributed by atoms with E-state index < -0.39 is 0 Å². The van der Waals surface area contributed by atoms with Crippen LogP contribution in [-0.4, -0.2) is 4.98 Å². The van der Waals surface area contributed by atoms with E-state index in [-0.39, 0.29) is 0 Å². The summed E-state index contributed by atoms with van der Waals surface area (Å²) < 4.78 is 6.46. The van der Waals surface area contributed by atoms with Crippen molar-refractivity contribution in [1.29, 1.82) is 0 Å². The van der Waals surface area contributed by atoms with E-state index in [0.717, 1.165) is 39.3 Å². The normalized spacial score (nSPS) is 11.2. The number of hydrogen-bond donors (Lipinski definition) is 0. The molecule has 0 N–H and O–H groups in total. The summed E-state index contributed by atoms with van der Waals surface area (Å²) in [4.78, 5) is 4.99. The Labute approximate surface area is 188 Å². The molecule has 0 aliphatic carbocycles. The molecule has 2 heteroatoms. The summed E-state index contributed by atoms with van der Waals surface area (Å²) in [5.41, 5.74) is 7.28. The molecule has 2 nitrogen and oxygen atoms in total. The quantitative estimate of drug-likeness (QED) is 0.289. The Morgan fingerprint density at radius 1 is 0.625 bits per heavy atom. The first-order valence-electron chi connectivity index (χ1n) is 10.8. The van der Waals surface area contributed by atoms with Crippen molar-refractivity contribution in [2.45, 2.75) is 6.92 Å². The summed E-state index contributed by atoms with van der Waals surface area (Å²) in [5.74, 6) is 1.40. The molecule has 1 aromatic heterocycles. The van der Waals surface area contributed by atoms with Gasteiger partial charge in [-0.25, -0.2) is 4.98 Å². The fraction of sp³-hybridized carbons (Fsp3) is 0.0333. The molecule has 0 aliphatic heterocycles. The van der Waals surface area contributed by atoms with Gasteiger partial charge in [0, 0.05) is 16.7 Å². The molecule has 5 rings (SSSR count). The average Bonchev–Trinajstić information content (AvgIpc) is 3.31. The van der Waals surface area contributed by atoms with Gasteiger partial charge in [0.15, 0.2) is 5.76 Å². The number of nitrogens with zero attached hydrogens (tertiary/aromatic N) is 1. The highest BCUT2D eigenvalue weighted by Gasteiger charge is 2.20. The molecule has 0 unspecified atom stereocenters. The molecule has 4 aromatic carbocycles. The second-order valence-electron chi connectivity index (χ2n) is 7.60. The Hall–Kier alpha value is -4.17. The van der Waals surface area contributed by atoms with Crippen LogP contribution in [-0.2, 0) is 0 Å². The van der Waals surface area contributed by atoms with Gasteiger partial charge in [-0.1, -0.05) is 109 Å². The molecular weight excluding hydrogens is 390 g/mol. The van der Waals surface area contributed by atoms with Crippen LogP contribution in [0, 0.1) is 0 Å². The summed E-state index contributed by atoms with van der Waals surface area (Å²) in [6, 6.07) is 37.2. The van der Waals surface area contributed by atoms with Crippen molar-refractivity contribution in [1.82, 2.24) is 4.98 Å². The standard InChI is InChI=1S/C30H23NO/c1-2-12-22-13-11-18-25(21-22)26-19-9-10-20-27(26)30-31-28(23-14-5-3-6-15-23)29(32-30)24-16-7-4-8-17-24/h2-21H,1H3/b12-2+. The van der Waals surface area contributed by atoms with Gasteiger partial charge < -0.3 is 4.42 Å².